The van der Waals surface area contributed by atoms with Gasteiger partial charge in [-0.25, -0.2) is 0 Å². The van der Waals surface area contributed by atoms with E-state index in [1.165, 1.54) is 24.3 Å². The summed E-state index contributed by atoms with van der Waals surface area (Å²) in [6.07, 6.45) is 2.47. The first kappa shape index (κ1) is 13.2. The number of anilines is 1. The number of thiocarbonyl (C=S) groups is 1. The molecule has 0 amide bonds. The summed E-state index contributed by atoms with van der Waals surface area (Å²) in [5.74, 6) is 2.51. The van der Waals surface area contributed by atoms with Crippen molar-refractivity contribution in [3.63, 3.8) is 0 Å². The fourth-order valence-electron chi connectivity index (χ4n) is 1.88. The molecule has 0 bridgehead atoms. The van der Waals surface area contributed by atoms with Crippen molar-refractivity contribution in [2.75, 3.05) is 16.8 Å². The molecule has 1 heterocycles. The molecule has 0 radical (unpaired) electrons. The topological polar surface area (TPSA) is 38.0 Å². The van der Waals surface area contributed by atoms with Crippen molar-refractivity contribution in [2.24, 2.45) is 5.73 Å². The average molecular weight is 331 g/mol. The summed E-state index contributed by atoms with van der Waals surface area (Å²) in [4.78, 5) is 0.428. The van der Waals surface area contributed by atoms with Crippen LogP contribution in [0.15, 0.2) is 22.7 Å². The molecular weight excluding hydrogens is 316 g/mol. The fourth-order valence-corrected chi connectivity index (χ4v) is 3.89. The summed E-state index contributed by atoms with van der Waals surface area (Å²) in [5.41, 5.74) is 7.65. The zero-order chi connectivity index (χ0) is 12.3. The highest BCUT2D eigenvalue weighted by molar-refractivity contribution is 9.10. The molecule has 0 aromatic heterocycles. The Morgan fingerprint density at radius 2 is 2.12 bits per heavy atom. The summed E-state index contributed by atoms with van der Waals surface area (Å²) in [6, 6.07) is 6.66. The zero-order valence-corrected chi connectivity index (χ0v) is 12.6. The number of nitrogens with one attached hydrogen (secondary N) is 1. The predicted octanol–water partition coefficient (Wildman–Crippen LogP) is 3.39. The minimum Gasteiger partial charge on any atom is -0.389 e. The molecule has 1 aromatic rings. The van der Waals surface area contributed by atoms with E-state index in [0.717, 1.165) is 15.7 Å². The quantitative estimate of drug-likeness (QED) is 0.833. The van der Waals surface area contributed by atoms with Gasteiger partial charge in [-0.2, -0.15) is 11.8 Å². The second-order valence-corrected chi connectivity index (χ2v) is 6.61. The van der Waals surface area contributed by atoms with Crippen LogP contribution in [0, 0.1) is 0 Å². The van der Waals surface area contributed by atoms with Crippen molar-refractivity contribution >= 4 is 50.6 Å². The maximum absolute atomic E-state index is 5.63. The van der Waals surface area contributed by atoms with Crippen molar-refractivity contribution in [3.05, 3.63) is 28.2 Å². The van der Waals surface area contributed by atoms with Gasteiger partial charge >= 0.3 is 0 Å². The number of hydrogen-bond acceptors (Lipinski definition) is 3. The Hall–Kier alpha value is -0.260. The number of hydrogen-bond donors (Lipinski definition) is 2. The van der Waals surface area contributed by atoms with Crippen molar-refractivity contribution in [2.45, 2.75) is 18.9 Å². The number of thioether (sulfide) groups is 1. The number of nitrogens with two attached hydrogens (primary N) is 1. The second-order valence-electron chi connectivity index (χ2n) is 4.09. The van der Waals surface area contributed by atoms with E-state index in [9.17, 15) is 0 Å². The highest BCUT2D eigenvalue weighted by Gasteiger charge is 2.13. The van der Waals surface area contributed by atoms with E-state index in [-0.39, 0.29) is 0 Å². The van der Waals surface area contributed by atoms with E-state index in [0.29, 0.717) is 11.0 Å². The van der Waals surface area contributed by atoms with Crippen molar-refractivity contribution in [1.82, 2.24) is 0 Å². The van der Waals surface area contributed by atoms with Crippen LogP contribution in [0.3, 0.4) is 0 Å². The molecule has 0 saturated carbocycles. The van der Waals surface area contributed by atoms with Gasteiger partial charge in [0.1, 0.15) is 4.99 Å². The van der Waals surface area contributed by atoms with Crippen LogP contribution in [0.5, 0.6) is 0 Å². The van der Waals surface area contributed by atoms with Crippen LogP contribution in [0.4, 0.5) is 5.69 Å². The molecule has 0 aliphatic carbocycles. The van der Waals surface area contributed by atoms with Gasteiger partial charge in [-0.05, 0) is 58.5 Å². The van der Waals surface area contributed by atoms with Crippen molar-refractivity contribution in [1.29, 1.82) is 0 Å². The Balaban J connectivity index is 2.06. The molecular formula is C12H15BrN2S2. The van der Waals surface area contributed by atoms with Gasteiger partial charge in [-0.3, -0.25) is 0 Å². The highest BCUT2D eigenvalue weighted by Crippen LogP contribution is 2.25. The number of rotatable bonds is 3. The van der Waals surface area contributed by atoms with Crippen molar-refractivity contribution in [3.8, 4) is 0 Å². The molecule has 92 valence electrons. The van der Waals surface area contributed by atoms with Gasteiger partial charge in [-0.1, -0.05) is 12.2 Å². The average Bonchev–Trinajstić information content (AvgIpc) is 2.30. The molecule has 2 nitrogen and oxygen atoms in total. The molecule has 2 rings (SSSR count). The normalized spacial score (nSPS) is 16.8. The lowest BCUT2D eigenvalue weighted by molar-refractivity contribution is 0.667. The van der Waals surface area contributed by atoms with Crippen LogP contribution in [-0.2, 0) is 0 Å². The van der Waals surface area contributed by atoms with E-state index >= 15 is 0 Å². The van der Waals surface area contributed by atoms with Gasteiger partial charge in [-0.15, -0.1) is 0 Å². The maximum atomic E-state index is 5.63. The summed E-state index contributed by atoms with van der Waals surface area (Å²) < 4.78 is 0.959. The van der Waals surface area contributed by atoms with Gasteiger partial charge < -0.3 is 11.1 Å². The van der Waals surface area contributed by atoms with Gasteiger partial charge in [0.05, 0.1) is 0 Å². The molecule has 1 fully saturated rings. The molecule has 1 aliphatic rings. The molecule has 0 atom stereocenters. The molecule has 1 saturated heterocycles. The fraction of sp³-hybridized carbons (Fsp3) is 0.417. The van der Waals surface area contributed by atoms with Gasteiger partial charge in [0, 0.05) is 21.8 Å². The highest BCUT2D eigenvalue weighted by atomic mass is 79.9. The standard InChI is InChI=1S/C12H15BrN2S2/c13-11-7-9(1-2-10(11)12(14)16)15-8-3-5-17-6-4-8/h1-2,7-8,15H,3-6H2,(H2,14,16). The summed E-state index contributed by atoms with van der Waals surface area (Å²) in [6.45, 7) is 0. The SMILES string of the molecule is NC(=S)c1ccc(NC2CCSCC2)cc1Br. The van der Waals surface area contributed by atoms with Crippen molar-refractivity contribution < 1.29 is 0 Å². The minimum absolute atomic E-state index is 0.428. The molecule has 0 spiro atoms. The minimum atomic E-state index is 0.428. The predicted molar refractivity (Wildman–Crippen MR) is 84.0 cm³/mol. The molecule has 17 heavy (non-hydrogen) atoms. The Morgan fingerprint density at radius 3 is 2.71 bits per heavy atom. The Labute approximate surface area is 120 Å². The zero-order valence-electron chi connectivity index (χ0n) is 9.41. The first-order valence-electron chi connectivity index (χ1n) is 5.60. The Bertz CT molecular complexity index is 417. The van der Waals surface area contributed by atoms with E-state index in [4.69, 9.17) is 18.0 Å². The van der Waals surface area contributed by atoms with E-state index in [2.05, 4.69) is 27.3 Å². The summed E-state index contributed by atoms with van der Waals surface area (Å²) in [5, 5.41) is 3.56. The van der Waals surface area contributed by atoms with E-state index < -0.39 is 0 Å². The monoisotopic (exact) mass is 330 g/mol. The summed E-state index contributed by atoms with van der Waals surface area (Å²) >= 11 is 10.5. The van der Waals surface area contributed by atoms with E-state index in [1.54, 1.807) is 0 Å². The molecule has 0 unspecified atom stereocenters. The summed E-state index contributed by atoms with van der Waals surface area (Å²) in [7, 11) is 0. The Kier molecular flexibility index (Phi) is 4.70. The third-order valence-corrected chi connectivity index (χ3v) is 4.75. The second kappa shape index (κ2) is 6.07. The van der Waals surface area contributed by atoms with Crippen LogP contribution in [0.2, 0.25) is 0 Å². The van der Waals surface area contributed by atoms with Crippen LogP contribution >= 0.6 is 39.9 Å². The number of halogens is 1. The first-order chi connectivity index (χ1) is 8.16. The molecule has 5 heteroatoms. The molecule has 3 N–H and O–H groups in total. The van der Waals surface area contributed by atoms with Crippen LogP contribution in [0.1, 0.15) is 18.4 Å². The third-order valence-electron chi connectivity index (χ3n) is 2.83. The van der Waals surface area contributed by atoms with Gasteiger partial charge in [0.25, 0.3) is 0 Å². The van der Waals surface area contributed by atoms with Crippen LogP contribution in [0.25, 0.3) is 0 Å². The third kappa shape index (κ3) is 3.60. The smallest absolute Gasteiger partial charge is 0.105 e. The lowest BCUT2D eigenvalue weighted by Gasteiger charge is -2.23. The first-order valence-corrected chi connectivity index (χ1v) is 7.96. The lowest BCUT2D eigenvalue weighted by Crippen LogP contribution is -2.24. The van der Waals surface area contributed by atoms with Gasteiger partial charge in [0.2, 0.25) is 0 Å². The lowest BCUT2D eigenvalue weighted by atomic mass is 10.1. The van der Waals surface area contributed by atoms with Crippen LogP contribution < -0.4 is 11.1 Å². The number of benzene rings is 1. The van der Waals surface area contributed by atoms with E-state index in [1.807, 2.05) is 23.9 Å². The van der Waals surface area contributed by atoms with Crippen LogP contribution in [-0.4, -0.2) is 22.5 Å². The molecule has 1 aliphatic heterocycles. The maximum Gasteiger partial charge on any atom is 0.105 e. The largest absolute Gasteiger partial charge is 0.389 e. The Morgan fingerprint density at radius 1 is 1.41 bits per heavy atom. The van der Waals surface area contributed by atoms with Gasteiger partial charge in [0.15, 0.2) is 0 Å². The molecule has 1 aromatic carbocycles.